The van der Waals surface area contributed by atoms with Crippen molar-refractivity contribution in [3.8, 4) is 22.2 Å². The van der Waals surface area contributed by atoms with Crippen LogP contribution < -0.4 is 0 Å². The predicted octanol–water partition coefficient (Wildman–Crippen LogP) is 5.28. The summed E-state index contributed by atoms with van der Waals surface area (Å²) >= 11 is 1.62. The Balaban J connectivity index is 1.29. The number of oxazole rings is 1. The molecule has 0 aliphatic carbocycles. The van der Waals surface area contributed by atoms with E-state index < -0.39 is 0 Å². The molecule has 1 aliphatic heterocycles. The summed E-state index contributed by atoms with van der Waals surface area (Å²) in [4.78, 5) is 12.6. The number of hydrogen-bond donors (Lipinski definition) is 0. The summed E-state index contributed by atoms with van der Waals surface area (Å²) < 4.78 is 24.9. The molecule has 1 atom stereocenters. The van der Waals surface area contributed by atoms with Gasteiger partial charge in [0.05, 0.1) is 16.5 Å². The minimum absolute atomic E-state index is 0.150. The minimum atomic E-state index is -0.312. The molecule has 5 rings (SSSR count). The number of hydrogen-bond acceptors (Lipinski definition) is 7. The lowest BCUT2D eigenvalue weighted by Gasteiger charge is -2.30. The molecule has 0 amide bonds. The predicted molar refractivity (Wildman–Crippen MR) is 111 cm³/mol. The van der Waals surface area contributed by atoms with Crippen LogP contribution in [0.15, 0.2) is 50.7 Å². The van der Waals surface area contributed by atoms with Crippen molar-refractivity contribution in [3.05, 3.63) is 64.9 Å². The van der Waals surface area contributed by atoms with Crippen LogP contribution in [0.25, 0.3) is 22.2 Å². The Morgan fingerprint density at radius 1 is 1.23 bits per heavy atom. The van der Waals surface area contributed by atoms with Crippen LogP contribution in [0, 0.1) is 12.7 Å². The highest BCUT2D eigenvalue weighted by Gasteiger charge is 2.27. The molecule has 30 heavy (non-hydrogen) atoms. The molecule has 0 N–H and O–H groups in total. The zero-order valence-electron chi connectivity index (χ0n) is 16.5. The van der Waals surface area contributed by atoms with E-state index in [1.165, 1.54) is 12.1 Å². The van der Waals surface area contributed by atoms with Crippen molar-refractivity contribution in [3.63, 3.8) is 0 Å². The van der Waals surface area contributed by atoms with Gasteiger partial charge in [-0.15, -0.1) is 11.3 Å². The van der Waals surface area contributed by atoms with Gasteiger partial charge in [-0.3, -0.25) is 4.90 Å². The van der Waals surface area contributed by atoms with Crippen molar-refractivity contribution < 1.29 is 13.3 Å². The number of piperidine rings is 1. The summed E-state index contributed by atoms with van der Waals surface area (Å²) in [5, 5.41) is 6.08. The molecule has 0 bridgehead atoms. The van der Waals surface area contributed by atoms with Gasteiger partial charge in [0.15, 0.2) is 0 Å². The van der Waals surface area contributed by atoms with Gasteiger partial charge < -0.3 is 8.94 Å². The highest BCUT2D eigenvalue weighted by atomic mass is 32.1. The monoisotopic (exact) mass is 424 g/mol. The van der Waals surface area contributed by atoms with Gasteiger partial charge in [-0.05, 0) is 49.9 Å². The standard InChI is InChI=1S/C22H21FN4O2S/c1-14-18(24-22(28-14)19-8-4-10-30-19)13-27-9-3-6-16(12-27)21-25-20(26-29-21)15-5-2-7-17(23)11-15/h2,4-5,7-8,10-11,16H,3,6,9,12-13H2,1H3. The van der Waals surface area contributed by atoms with Crippen molar-refractivity contribution in [1.29, 1.82) is 0 Å². The lowest BCUT2D eigenvalue weighted by atomic mass is 9.98. The Morgan fingerprint density at radius 2 is 2.17 bits per heavy atom. The van der Waals surface area contributed by atoms with Crippen molar-refractivity contribution in [1.82, 2.24) is 20.0 Å². The topological polar surface area (TPSA) is 68.2 Å². The third kappa shape index (κ3) is 3.93. The van der Waals surface area contributed by atoms with E-state index in [2.05, 4.69) is 15.0 Å². The molecule has 0 radical (unpaired) electrons. The van der Waals surface area contributed by atoms with Crippen LogP contribution in [0.3, 0.4) is 0 Å². The van der Waals surface area contributed by atoms with Crippen LogP contribution in [-0.2, 0) is 6.54 Å². The Hall–Kier alpha value is -2.84. The molecule has 6 nitrogen and oxygen atoms in total. The van der Waals surface area contributed by atoms with Gasteiger partial charge in [0.25, 0.3) is 0 Å². The zero-order valence-corrected chi connectivity index (χ0v) is 17.4. The molecule has 154 valence electrons. The molecular formula is C22H21FN4O2S. The average molecular weight is 425 g/mol. The molecule has 4 heterocycles. The van der Waals surface area contributed by atoms with Crippen molar-refractivity contribution in [2.24, 2.45) is 0 Å². The maximum atomic E-state index is 13.5. The van der Waals surface area contributed by atoms with E-state index in [9.17, 15) is 4.39 Å². The van der Waals surface area contributed by atoms with E-state index in [1.807, 2.05) is 24.4 Å². The van der Waals surface area contributed by atoms with Crippen molar-refractivity contribution in [2.45, 2.75) is 32.2 Å². The second-order valence-electron chi connectivity index (χ2n) is 7.54. The van der Waals surface area contributed by atoms with Gasteiger partial charge in [-0.2, -0.15) is 4.98 Å². The van der Waals surface area contributed by atoms with Gasteiger partial charge in [0, 0.05) is 18.7 Å². The van der Waals surface area contributed by atoms with Gasteiger partial charge in [0.2, 0.25) is 17.6 Å². The molecule has 1 unspecified atom stereocenters. The summed E-state index contributed by atoms with van der Waals surface area (Å²) in [6.45, 7) is 4.49. The fraction of sp³-hybridized carbons (Fsp3) is 0.318. The normalized spacial score (nSPS) is 17.5. The number of rotatable bonds is 5. The maximum Gasteiger partial charge on any atom is 0.236 e. The number of aromatic nitrogens is 3. The lowest BCUT2D eigenvalue weighted by Crippen LogP contribution is -2.34. The molecule has 1 aliphatic rings. The van der Waals surface area contributed by atoms with Crippen LogP contribution in [0.4, 0.5) is 4.39 Å². The molecule has 1 fully saturated rings. The smallest absolute Gasteiger partial charge is 0.236 e. The Labute approximate surface area is 177 Å². The van der Waals surface area contributed by atoms with Gasteiger partial charge in [-0.1, -0.05) is 23.4 Å². The average Bonchev–Trinajstić information content (AvgIpc) is 3.50. The summed E-state index contributed by atoms with van der Waals surface area (Å²) in [5.41, 5.74) is 1.59. The highest BCUT2D eigenvalue weighted by Crippen LogP contribution is 2.30. The third-order valence-corrected chi connectivity index (χ3v) is 6.24. The third-order valence-electron chi connectivity index (χ3n) is 5.38. The highest BCUT2D eigenvalue weighted by molar-refractivity contribution is 7.13. The van der Waals surface area contributed by atoms with E-state index >= 15 is 0 Å². The molecular weight excluding hydrogens is 403 g/mol. The van der Waals surface area contributed by atoms with Gasteiger partial charge >= 0.3 is 0 Å². The number of aryl methyl sites for hydroxylation is 1. The molecule has 8 heteroatoms. The SMILES string of the molecule is Cc1oc(-c2cccs2)nc1CN1CCCC(c2nc(-c3cccc(F)c3)no2)C1. The first-order chi connectivity index (χ1) is 14.7. The molecule has 1 aromatic carbocycles. The fourth-order valence-electron chi connectivity index (χ4n) is 3.84. The zero-order chi connectivity index (χ0) is 20.5. The van der Waals surface area contributed by atoms with Crippen LogP contribution in [0.2, 0.25) is 0 Å². The summed E-state index contributed by atoms with van der Waals surface area (Å²) in [5.74, 6) is 2.41. The second kappa shape index (κ2) is 8.12. The minimum Gasteiger partial charge on any atom is -0.440 e. The summed E-state index contributed by atoms with van der Waals surface area (Å²) in [6.07, 6.45) is 2.02. The summed E-state index contributed by atoms with van der Waals surface area (Å²) in [6, 6.07) is 10.3. The first-order valence-electron chi connectivity index (χ1n) is 9.98. The Morgan fingerprint density at radius 3 is 3.00 bits per heavy atom. The molecule has 1 saturated heterocycles. The van der Waals surface area contributed by atoms with Crippen molar-refractivity contribution >= 4 is 11.3 Å². The molecule has 0 saturated carbocycles. The number of halogens is 1. The number of likely N-dealkylation sites (tertiary alicyclic amines) is 1. The Kier molecular flexibility index (Phi) is 5.18. The Bertz CT molecular complexity index is 1140. The van der Waals surface area contributed by atoms with Crippen molar-refractivity contribution in [2.75, 3.05) is 13.1 Å². The first-order valence-corrected chi connectivity index (χ1v) is 10.9. The molecule has 4 aromatic rings. The number of nitrogens with zero attached hydrogens (tertiary/aromatic N) is 4. The quantitative estimate of drug-likeness (QED) is 0.434. The first kappa shape index (κ1) is 19.1. The van der Waals surface area contributed by atoms with Crippen LogP contribution in [0.1, 0.15) is 36.1 Å². The molecule has 0 spiro atoms. The maximum absolute atomic E-state index is 13.5. The van der Waals surface area contributed by atoms with E-state index in [4.69, 9.17) is 13.9 Å². The second-order valence-corrected chi connectivity index (χ2v) is 8.49. The van der Waals surface area contributed by atoms with Gasteiger partial charge in [0.1, 0.15) is 11.6 Å². The van der Waals surface area contributed by atoms with E-state index in [1.54, 1.807) is 23.5 Å². The molecule has 3 aromatic heterocycles. The van der Waals surface area contributed by atoms with Crippen LogP contribution in [-0.4, -0.2) is 33.1 Å². The largest absolute Gasteiger partial charge is 0.440 e. The summed E-state index contributed by atoms with van der Waals surface area (Å²) in [7, 11) is 0. The van der Waals surface area contributed by atoms with E-state index in [0.29, 0.717) is 23.2 Å². The number of benzene rings is 1. The van der Waals surface area contributed by atoms with E-state index in [0.717, 1.165) is 48.8 Å². The fourth-order valence-corrected chi connectivity index (χ4v) is 4.49. The van der Waals surface area contributed by atoms with Crippen LogP contribution >= 0.6 is 11.3 Å². The number of thiophene rings is 1. The van der Waals surface area contributed by atoms with Crippen LogP contribution in [0.5, 0.6) is 0 Å². The lowest BCUT2D eigenvalue weighted by molar-refractivity contribution is 0.178. The van der Waals surface area contributed by atoms with Gasteiger partial charge in [-0.25, -0.2) is 9.37 Å². The van der Waals surface area contributed by atoms with E-state index in [-0.39, 0.29) is 11.7 Å².